The molecule has 2 aromatic carbocycles. The first-order valence-electron chi connectivity index (χ1n) is 8.61. The molecule has 0 spiro atoms. The van der Waals surface area contributed by atoms with Crippen LogP contribution >= 0.6 is 0 Å². The first-order valence-corrected chi connectivity index (χ1v) is 10.5. The Hall–Kier alpha value is -3.46. The van der Waals surface area contributed by atoms with Gasteiger partial charge in [0.05, 0.1) is 6.26 Å². The summed E-state index contributed by atoms with van der Waals surface area (Å²) in [6.45, 7) is 1.91. The number of benzene rings is 2. The smallest absolute Gasteiger partial charge is 0.229 e. The molecule has 0 amide bonds. The number of carbonyl (C=O) groups is 1. The highest BCUT2D eigenvalue weighted by Crippen LogP contribution is 2.16. The minimum atomic E-state index is -3.35. The quantitative estimate of drug-likeness (QED) is 0.446. The molecule has 0 aliphatic heterocycles. The topological polar surface area (TPSA) is 111 Å². The number of nitrogens with zero attached hydrogens (tertiary/aromatic N) is 2. The van der Waals surface area contributed by atoms with E-state index in [0.717, 1.165) is 11.8 Å². The van der Waals surface area contributed by atoms with Gasteiger partial charge in [-0.05, 0) is 48.0 Å². The predicted octanol–water partition coefficient (Wildman–Crippen LogP) is 3.22. The van der Waals surface area contributed by atoms with E-state index in [1.165, 1.54) is 6.08 Å². The number of anilines is 1. The Morgan fingerprint density at radius 1 is 1.14 bits per heavy atom. The van der Waals surface area contributed by atoms with Crippen LogP contribution in [0.25, 0.3) is 6.08 Å². The molecule has 8 nitrogen and oxygen atoms in total. The summed E-state index contributed by atoms with van der Waals surface area (Å²) in [5, 5.41) is 3.76. The van der Waals surface area contributed by atoms with E-state index in [0.29, 0.717) is 28.7 Å². The Balaban J connectivity index is 1.56. The number of sulfonamides is 1. The highest BCUT2D eigenvalue weighted by Gasteiger charge is 2.05. The van der Waals surface area contributed by atoms with Crippen LogP contribution in [-0.2, 0) is 16.6 Å². The average Bonchev–Trinajstić information content (AvgIpc) is 3.10. The second-order valence-corrected chi connectivity index (χ2v) is 7.98. The number of hydrogen-bond donors (Lipinski definition) is 1. The zero-order valence-electron chi connectivity index (χ0n) is 15.8. The third-order valence-electron chi connectivity index (χ3n) is 3.72. The van der Waals surface area contributed by atoms with E-state index in [1.54, 1.807) is 49.4 Å². The number of rotatable bonds is 8. The molecule has 150 valence electrons. The molecule has 9 heteroatoms. The van der Waals surface area contributed by atoms with E-state index in [9.17, 15) is 13.2 Å². The average molecular weight is 413 g/mol. The van der Waals surface area contributed by atoms with Crippen LogP contribution in [0.2, 0.25) is 0 Å². The minimum Gasteiger partial charge on any atom is -0.485 e. The molecule has 3 rings (SSSR count). The van der Waals surface area contributed by atoms with Crippen molar-refractivity contribution in [2.24, 2.45) is 0 Å². The molecule has 0 aliphatic rings. The standard InChI is InChI=1S/C20H19N3O5S/c1-14-21-20(22-28-14)13-27-18-10-3-15(4-11-18)5-12-19(24)16-6-8-17(9-7-16)23-29(2,25)26/h3-12,23H,13H2,1-2H3/b12-5+. The van der Waals surface area contributed by atoms with Gasteiger partial charge in [0.2, 0.25) is 21.7 Å². The fourth-order valence-corrected chi connectivity index (χ4v) is 2.97. The van der Waals surface area contributed by atoms with Gasteiger partial charge in [-0.1, -0.05) is 23.4 Å². The lowest BCUT2D eigenvalue weighted by Gasteiger charge is -2.04. The third-order valence-corrected chi connectivity index (χ3v) is 4.32. The van der Waals surface area contributed by atoms with Gasteiger partial charge in [-0.15, -0.1) is 0 Å². The second kappa shape index (κ2) is 8.70. The van der Waals surface area contributed by atoms with Crippen LogP contribution in [0.5, 0.6) is 5.75 Å². The molecule has 1 aromatic heterocycles. The van der Waals surface area contributed by atoms with Gasteiger partial charge in [0, 0.05) is 18.2 Å². The van der Waals surface area contributed by atoms with Crippen LogP contribution in [0.1, 0.15) is 27.6 Å². The van der Waals surface area contributed by atoms with Crippen LogP contribution in [-0.4, -0.2) is 30.6 Å². The zero-order chi connectivity index (χ0) is 20.9. The Labute approximate surface area is 168 Å². The first kappa shape index (κ1) is 20.3. The molecule has 0 unspecified atom stereocenters. The maximum Gasteiger partial charge on any atom is 0.229 e. The van der Waals surface area contributed by atoms with Crippen molar-refractivity contribution in [3.05, 3.63) is 77.4 Å². The van der Waals surface area contributed by atoms with E-state index in [2.05, 4.69) is 14.9 Å². The fraction of sp³-hybridized carbons (Fsp3) is 0.150. The van der Waals surface area contributed by atoms with Gasteiger partial charge in [-0.3, -0.25) is 9.52 Å². The summed E-state index contributed by atoms with van der Waals surface area (Å²) in [4.78, 5) is 16.3. The monoisotopic (exact) mass is 413 g/mol. The number of aryl methyl sites for hydroxylation is 1. The summed E-state index contributed by atoms with van der Waals surface area (Å²) in [5.74, 6) is 1.40. The van der Waals surface area contributed by atoms with Crippen molar-refractivity contribution in [2.75, 3.05) is 11.0 Å². The largest absolute Gasteiger partial charge is 0.485 e. The number of aromatic nitrogens is 2. The normalized spacial score (nSPS) is 11.5. The summed E-state index contributed by atoms with van der Waals surface area (Å²) in [5.41, 5.74) is 1.69. The van der Waals surface area contributed by atoms with E-state index >= 15 is 0 Å². The summed E-state index contributed by atoms with van der Waals surface area (Å²) in [6.07, 6.45) is 4.21. The van der Waals surface area contributed by atoms with Crippen LogP contribution in [0.15, 0.2) is 59.1 Å². The molecular weight excluding hydrogens is 394 g/mol. The molecule has 0 bridgehead atoms. The van der Waals surface area contributed by atoms with Crippen LogP contribution in [0, 0.1) is 6.92 Å². The maximum atomic E-state index is 12.3. The maximum absolute atomic E-state index is 12.3. The summed E-state index contributed by atoms with van der Waals surface area (Å²) < 4.78 is 35.2. The molecule has 3 aromatic rings. The van der Waals surface area contributed by atoms with Crippen LogP contribution in [0.3, 0.4) is 0 Å². The van der Waals surface area contributed by atoms with Gasteiger partial charge < -0.3 is 9.26 Å². The Morgan fingerprint density at radius 3 is 2.41 bits per heavy atom. The van der Waals surface area contributed by atoms with Crippen molar-refractivity contribution in [3.63, 3.8) is 0 Å². The minimum absolute atomic E-state index is 0.191. The number of allylic oxidation sites excluding steroid dienone is 1. The lowest BCUT2D eigenvalue weighted by atomic mass is 10.1. The number of hydrogen-bond acceptors (Lipinski definition) is 7. The number of ketones is 1. The van der Waals surface area contributed by atoms with E-state index < -0.39 is 10.0 Å². The third kappa shape index (κ3) is 6.28. The van der Waals surface area contributed by atoms with Gasteiger partial charge in [0.25, 0.3) is 0 Å². The van der Waals surface area contributed by atoms with Crippen LogP contribution < -0.4 is 9.46 Å². The van der Waals surface area contributed by atoms with Crippen molar-refractivity contribution in [2.45, 2.75) is 13.5 Å². The van der Waals surface area contributed by atoms with Crippen molar-refractivity contribution in [1.82, 2.24) is 10.1 Å². The summed E-state index contributed by atoms with van der Waals surface area (Å²) in [7, 11) is -3.35. The lowest BCUT2D eigenvalue weighted by molar-refractivity contribution is 0.104. The molecule has 1 heterocycles. The van der Waals surface area contributed by atoms with Crippen molar-refractivity contribution >= 4 is 27.6 Å². The van der Waals surface area contributed by atoms with Gasteiger partial charge in [0.1, 0.15) is 5.75 Å². The fourth-order valence-electron chi connectivity index (χ4n) is 2.41. The highest BCUT2D eigenvalue weighted by atomic mass is 32.2. The number of carbonyl (C=O) groups excluding carboxylic acids is 1. The van der Waals surface area contributed by atoms with E-state index in [4.69, 9.17) is 9.26 Å². The van der Waals surface area contributed by atoms with Crippen LogP contribution in [0.4, 0.5) is 5.69 Å². The molecule has 0 saturated heterocycles. The molecular formula is C20H19N3O5S. The Kier molecular flexibility index (Phi) is 6.08. The molecule has 0 saturated carbocycles. The SMILES string of the molecule is Cc1nc(COc2ccc(/C=C/C(=O)c3ccc(NS(C)(=O)=O)cc3)cc2)no1. The van der Waals surface area contributed by atoms with E-state index in [1.807, 2.05) is 12.1 Å². The van der Waals surface area contributed by atoms with E-state index in [-0.39, 0.29) is 12.4 Å². The highest BCUT2D eigenvalue weighted by molar-refractivity contribution is 7.92. The number of nitrogens with one attached hydrogen (secondary N) is 1. The second-order valence-electron chi connectivity index (χ2n) is 6.24. The summed E-state index contributed by atoms with van der Waals surface area (Å²) in [6, 6.07) is 13.4. The van der Waals surface area contributed by atoms with Gasteiger partial charge >= 0.3 is 0 Å². The Morgan fingerprint density at radius 2 is 1.83 bits per heavy atom. The molecule has 1 N–H and O–H groups in total. The van der Waals surface area contributed by atoms with Crippen molar-refractivity contribution in [3.8, 4) is 5.75 Å². The van der Waals surface area contributed by atoms with Crippen molar-refractivity contribution < 1.29 is 22.5 Å². The summed E-state index contributed by atoms with van der Waals surface area (Å²) >= 11 is 0. The molecule has 0 fully saturated rings. The lowest BCUT2D eigenvalue weighted by Crippen LogP contribution is -2.09. The van der Waals surface area contributed by atoms with Gasteiger partial charge in [0.15, 0.2) is 12.4 Å². The zero-order valence-corrected chi connectivity index (χ0v) is 16.6. The molecule has 0 aliphatic carbocycles. The Bertz CT molecular complexity index is 1120. The molecule has 0 radical (unpaired) electrons. The molecule has 0 atom stereocenters. The first-order chi connectivity index (χ1) is 13.8. The molecule has 29 heavy (non-hydrogen) atoms. The van der Waals surface area contributed by atoms with Crippen molar-refractivity contribution in [1.29, 1.82) is 0 Å². The number of ether oxygens (including phenoxy) is 1. The van der Waals surface area contributed by atoms with Gasteiger partial charge in [-0.2, -0.15) is 4.98 Å². The van der Waals surface area contributed by atoms with Gasteiger partial charge in [-0.25, -0.2) is 8.42 Å². The predicted molar refractivity (Wildman–Crippen MR) is 108 cm³/mol.